The molecule has 0 N–H and O–H groups in total. The first-order valence-corrected chi connectivity index (χ1v) is 7.54. The molecule has 96 valence electrons. The van der Waals surface area contributed by atoms with Crippen LogP contribution in [0.2, 0.25) is 0 Å². The van der Waals surface area contributed by atoms with Crippen LogP contribution in [0.15, 0.2) is 53.4 Å². The summed E-state index contributed by atoms with van der Waals surface area (Å²) in [5.41, 5.74) is 3.79. The zero-order valence-electron chi connectivity index (χ0n) is 10.9. The number of rotatable bonds is 4. The number of fused-ring (bicyclic) bond motifs is 1. The van der Waals surface area contributed by atoms with E-state index in [1.165, 1.54) is 22.4 Å². The third kappa shape index (κ3) is 2.59. The Balaban J connectivity index is 1.65. The van der Waals surface area contributed by atoms with Crippen molar-refractivity contribution in [3.63, 3.8) is 0 Å². The van der Waals surface area contributed by atoms with Gasteiger partial charge in [-0.05, 0) is 42.5 Å². The predicted molar refractivity (Wildman–Crippen MR) is 80.1 cm³/mol. The van der Waals surface area contributed by atoms with Gasteiger partial charge in [-0.3, -0.25) is 4.79 Å². The fraction of sp³-hybridized carbons (Fsp3) is 0.235. The molecule has 2 aromatic carbocycles. The molecule has 1 aliphatic carbocycles. The van der Waals surface area contributed by atoms with Gasteiger partial charge in [0.2, 0.25) is 0 Å². The van der Waals surface area contributed by atoms with Crippen molar-refractivity contribution in [3.05, 3.63) is 65.2 Å². The van der Waals surface area contributed by atoms with Crippen molar-refractivity contribution in [1.29, 1.82) is 0 Å². The Kier molecular flexibility index (Phi) is 3.43. The number of thioether (sulfide) groups is 1. The van der Waals surface area contributed by atoms with Crippen LogP contribution in [0, 0.1) is 0 Å². The van der Waals surface area contributed by atoms with Gasteiger partial charge in [0.1, 0.15) is 0 Å². The molecule has 0 saturated carbocycles. The van der Waals surface area contributed by atoms with E-state index in [0.29, 0.717) is 5.92 Å². The minimum absolute atomic E-state index is 0.136. The molecule has 0 saturated heterocycles. The van der Waals surface area contributed by atoms with Crippen molar-refractivity contribution in [2.24, 2.45) is 0 Å². The van der Waals surface area contributed by atoms with E-state index in [-0.39, 0.29) is 5.78 Å². The highest BCUT2D eigenvalue weighted by molar-refractivity contribution is 7.99. The van der Waals surface area contributed by atoms with Crippen LogP contribution in [0.25, 0.3) is 0 Å². The van der Waals surface area contributed by atoms with Crippen LogP contribution in [-0.2, 0) is 6.42 Å². The van der Waals surface area contributed by atoms with Crippen molar-refractivity contribution in [2.75, 3.05) is 5.75 Å². The lowest BCUT2D eigenvalue weighted by Gasteiger charge is -2.29. The molecule has 2 aromatic rings. The molecule has 19 heavy (non-hydrogen) atoms. The standard InChI is InChI=1S/C17H16OS/c1-12(18)13-6-4-7-16(10-13)19-11-15-9-14-5-2-3-8-17(14)15/h2-8,10,15H,9,11H2,1H3. The second-order valence-corrected chi connectivity index (χ2v) is 6.09. The van der Waals surface area contributed by atoms with E-state index in [4.69, 9.17) is 0 Å². The third-order valence-electron chi connectivity index (χ3n) is 3.65. The molecule has 2 heteroatoms. The lowest BCUT2D eigenvalue weighted by atomic mass is 9.79. The Morgan fingerprint density at radius 2 is 2.05 bits per heavy atom. The maximum Gasteiger partial charge on any atom is 0.159 e. The largest absolute Gasteiger partial charge is 0.295 e. The first-order valence-electron chi connectivity index (χ1n) is 6.55. The van der Waals surface area contributed by atoms with Gasteiger partial charge in [-0.25, -0.2) is 0 Å². The Bertz CT molecular complexity index is 618. The summed E-state index contributed by atoms with van der Waals surface area (Å²) in [5.74, 6) is 1.90. The van der Waals surface area contributed by atoms with Gasteiger partial charge >= 0.3 is 0 Å². The topological polar surface area (TPSA) is 17.1 Å². The number of carbonyl (C=O) groups excluding carboxylic acids is 1. The normalized spacial score (nSPS) is 16.6. The molecule has 0 bridgehead atoms. The predicted octanol–water partition coefficient (Wildman–Crippen LogP) is 4.32. The average molecular weight is 268 g/mol. The van der Waals surface area contributed by atoms with E-state index < -0.39 is 0 Å². The van der Waals surface area contributed by atoms with Gasteiger partial charge in [-0.2, -0.15) is 0 Å². The van der Waals surface area contributed by atoms with Crippen molar-refractivity contribution in [1.82, 2.24) is 0 Å². The second-order valence-electron chi connectivity index (χ2n) is 4.99. The summed E-state index contributed by atoms with van der Waals surface area (Å²) in [6.07, 6.45) is 1.19. The molecule has 1 aliphatic rings. The van der Waals surface area contributed by atoms with E-state index in [1.807, 2.05) is 30.0 Å². The van der Waals surface area contributed by atoms with E-state index in [9.17, 15) is 4.79 Å². The van der Waals surface area contributed by atoms with Crippen LogP contribution in [-0.4, -0.2) is 11.5 Å². The Morgan fingerprint density at radius 3 is 2.84 bits per heavy atom. The lowest BCUT2D eigenvalue weighted by Crippen LogP contribution is -2.18. The quantitative estimate of drug-likeness (QED) is 0.606. The van der Waals surface area contributed by atoms with Crippen LogP contribution in [0.5, 0.6) is 0 Å². The lowest BCUT2D eigenvalue weighted by molar-refractivity contribution is 0.101. The number of benzene rings is 2. The molecule has 0 amide bonds. The number of carbonyl (C=O) groups is 1. The SMILES string of the molecule is CC(=O)c1cccc(SCC2Cc3ccccc32)c1. The molecule has 0 radical (unpaired) electrons. The minimum atomic E-state index is 0.136. The van der Waals surface area contributed by atoms with Gasteiger partial charge in [0.05, 0.1) is 0 Å². The molecule has 1 atom stereocenters. The number of hydrogen-bond donors (Lipinski definition) is 0. The monoisotopic (exact) mass is 268 g/mol. The molecule has 0 heterocycles. The molecular formula is C17H16OS. The Labute approximate surface area is 118 Å². The summed E-state index contributed by atoms with van der Waals surface area (Å²) in [5, 5.41) is 0. The first-order chi connectivity index (χ1) is 9.24. The number of hydrogen-bond acceptors (Lipinski definition) is 2. The van der Waals surface area contributed by atoms with Crippen molar-refractivity contribution >= 4 is 17.5 Å². The van der Waals surface area contributed by atoms with Gasteiger partial charge in [0, 0.05) is 16.2 Å². The minimum Gasteiger partial charge on any atom is -0.295 e. The van der Waals surface area contributed by atoms with Gasteiger partial charge in [0.15, 0.2) is 5.78 Å². The fourth-order valence-electron chi connectivity index (χ4n) is 2.51. The fourth-order valence-corrected chi connectivity index (χ4v) is 3.59. The summed E-state index contributed by atoms with van der Waals surface area (Å²) in [6, 6.07) is 16.6. The highest BCUT2D eigenvalue weighted by Crippen LogP contribution is 2.38. The summed E-state index contributed by atoms with van der Waals surface area (Å²) in [6.45, 7) is 1.62. The summed E-state index contributed by atoms with van der Waals surface area (Å²) < 4.78 is 0. The smallest absolute Gasteiger partial charge is 0.159 e. The second kappa shape index (κ2) is 5.22. The van der Waals surface area contributed by atoms with Crippen LogP contribution in [0.4, 0.5) is 0 Å². The van der Waals surface area contributed by atoms with E-state index >= 15 is 0 Å². The van der Waals surface area contributed by atoms with Crippen LogP contribution in [0.3, 0.4) is 0 Å². The van der Waals surface area contributed by atoms with E-state index in [2.05, 4.69) is 30.3 Å². The highest BCUT2D eigenvalue weighted by Gasteiger charge is 2.25. The van der Waals surface area contributed by atoms with Gasteiger partial charge in [-0.1, -0.05) is 36.4 Å². The molecule has 0 fully saturated rings. The third-order valence-corrected chi connectivity index (χ3v) is 4.81. The van der Waals surface area contributed by atoms with E-state index in [1.54, 1.807) is 6.92 Å². The summed E-state index contributed by atoms with van der Waals surface area (Å²) in [7, 11) is 0. The van der Waals surface area contributed by atoms with Crippen LogP contribution < -0.4 is 0 Å². The molecule has 3 rings (SSSR count). The Morgan fingerprint density at radius 1 is 1.21 bits per heavy atom. The molecule has 0 aromatic heterocycles. The summed E-state index contributed by atoms with van der Waals surface area (Å²) >= 11 is 1.85. The molecule has 1 unspecified atom stereocenters. The zero-order chi connectivity index (χ0) is 13.2. The molecular weight excluding hydrogens is 252 g/mol. The zero-order valence-corrected chi connectivity index (χ0v) is 11.7. The first kappa shape index (κ1) is 12.5. The maximum atomic E-state index is 11.4. The van der Waals surface area contributed by atoms with Crippen LogP contribution in [0.1, 0.15) is 34.3 Å². The Hall–Kier alpha value is -1.54. The van der Waals surface area contributed by atoms with E-state index in [0.717, 1.165) is 11.3 Å². The summed E-state index contributed by atoms with van der Waals surface area (Å²) in [4.78, 5) is 12.5. The van der Waals surface area contributed by atoms with Gasteiger partial charge in [-0.15, -0.1) is 11.8 Å². The molecule has 0 aliphatic heterocycles. The number of Topliss-reactive ketones (excluding diaryl/α,β-unsaturated/α-hetero) is 1. The highest BCUT2D eigenvalue weighted by atomic mass is 32.2. The van der Waals surface area contributed by atoms with Gasteiger partial charge < -0.3 is 0 Å². The average Bonchev–Trinajstić information content (AvgIpc) is 2.40. The van der Waals surface area contributed by atoms with Crippen molar-refractivity contribution in [3.8, 4) is 0 Å². The van der Waals surface area contributed by atoms with Crippen molar-refractivity contribution < 1.29 is 4.79 Å². The van der Waals surface area contributed by atoms with Gasteiger partial charge in [0.25, 0.3) is 0 Å². The number of ketones is 1. The maximum absolute atomic E-state index is 11.4. The van der Waals surface area contributed by atoms with Crippen LogP contribution >= 0.6 is 11.8 Å². The molecule has 0 spiro atoms. The van der Waals surface area contributed by atoms with Crippen molar-refractivity contribution in [2.45, 2.75) is 24.2 Å². The molecule has 1 nitrogen and oxygen atoms in total.